The SMILES string of the molecule is NCc1ccc(-c2ccc(-n3cnc(CCC(=O)O)c3)nn2)cc1. The monoisotopic (exact) mass is 323 g/mol. The van der Waals surface area contributed by atoms with E-state index in [2.05, 4.69) is 15.2 Å². The summed E-state index contributed by atoms with van der Waals surface area (Å²) in [5.74, 6) is -0.208. The van der Waals surface area contributed by atoms with Crippen molar-refractivity contribution >= 4 is 5.97 Å². The third-order valence-electron chi connectivity index (χ3n) is 3.63. The molecule has 0 bridgehead atoms. The van der Waals surface area contributed by atoms with Crippen LogP contribution in [0.1, 0.15) is 17.7 Å². The van der Waals surface area contributed by atoms with Gasteiger partial charge in [-0.25, -0.2) is 4.98 Å². The average Bonchev–Trinajstić information content (AvgIpc) is 3.09. The number of hydrogen-bond donors (Lipinski definition) is 2. The van der Waals surface area contributed by atoms with Crippen LogP contribution in [0.15, 0.2) is 48.9 Å². The Bertz CT molecular complexity index is 825. The first kappa shape index (κ1) is 15.8. The maximum Gasteiger partial charge on any atom is 0.303 e. The van der Waals surface area contributed by atoms with E-state index >= 15 is 0 Å². The van der Waals surface area contributed by atoms with Crippen molar-refractivity contribution in [2.24, 2.45) is 5.73 Å². The van der Waals surface area contributed by atoms with Crippen LogP contribution in [0, 0.1) is 0 Å². The second kappa shape index (κ2) is 7.01. The number of aliphatic carboxylic acids is 1. The number of carboxylic acids is 1. The molecule has 0 aliphatic carbocycles. The van der Waals surface area contributed by atoms with Gasteiger partial charge in [0, 0.05) is 24.7 Å². The quantitative estimate of drug-likeness (QED) is 0.716. The Morgan fingerprint density at radius 1 is 1.12 bits per heavy atom. The average molecular weight is 323 g/mol. The molecule has 7 heteroatoms. The van der Waals surface area contributed by atoms with E-state index in [9.17, 15) is 4.79 Å². The summed E-state index contributed by atoms with van der Waals surface area (Å²) < 4.78 is 1.73. The van der Waals surface area contributed by atoms with Crippen molar-refractivity contribution < 1.29 is 9.90 Å². The predicted molar refractivity (Wildman–Crippen MR) is 88.4 cm³/mol. The molecule has 3 rings (SSSR count). The Morgan fingerprint density at radius 3 is 2.54 bits per heavy atom. The molecule has 2 heterocycles. The van der Waals surface area contributed by atoms with Gasteiger partial charge in [0.2, 0.25) is 0 Å². The molecule has 0 amide bonds. The molecule has 122 valence electrons. The minimum absolute atomic E-state index is 0.0560. The molecule has 0 aliphatic rings. The first-order valence-electron chi connectivity index (χ1n) is 7.54. The van der Waals surface area contributed by atoms with Crippen LogP contribution in [0.3, 0.4) is 0 Å². The molecule has 3 N–H and O–H groups in total. The molecule has 0 saturated heterocycles. The summed E-state index contributed by atoms with van der Waals surface area (Å²) in [6, 6.07) is 11.6. The number of benzene rings is 1. The third kappa shape index (κ3) is 3.64. The van der Waals surface area contributed by atoms with Crippen LogP contribution in [0.4, 0.5) is 0 Å². The fourth-order valence-electron chi connectivity index (χ4n) is 2.28. The molecule has 0 fully saturated rings. The highest BCUT2D eigenvalue weighted by Gasteiger charge is 2.06. The highest BCUT2D eigenvalue weighted by Crippen LogP contribution is 2.17. The van der Waals surface area contributed by atoms with Crippen molar-refractivity contribution in [1.29, 1.82) is 0 Å². The molecule has 3 aromatic rings. The molecular weight excluding hydrogens is 306 g/mol. The Hall–Kier alpha value is -3.06. The summed E-state index contributed by atoms with van der Waals surface area (Å²) in [7, 11) is 0. The van der Waals surface area contributed by atoms with Gasteiger partial charge < -0.3 is 10.8 Å². The highest BCUT2D eigenvalue weighted by molar-refractivity contribution is 5.67. The Labute approximate surface area is 138 Å². The van der Waals surface area contributed by atoms with Gasteiger partial charge in [0.05, 0.1) is 17.8 Å². The van der Waals surface area contributed by atoms with Crippen LogP contribution in [-0.2, 0) is 17.8 Å². The lowest BCUT2D eigenvalue weighted by molar-refractivity contribution is -0.136. The molecule has 1 aromatic carbocycles. The zero-order chi connectivity index (χ0) is 16.9. The Kier molecular flexibility index (Phi) is 4.62. The topological polar surface area (TPSA) is 107 Å². The van der Waals surface area contributed by atoms with Gasteiger partial charge in [0.1, 0.15) is 6.33 Å². The maximum atomic E-state index is 10.6. The summed E-state index contributed by atoms with van der Waals surface area (Å²) in [5.41, 5.74) is 9.11. The van der Waals surface area contributed by atoms with Gasteiger partial charge in [-0.15, -0.1) is 10.2 Å². The number of aryl methyl sites for hydroxylation is 1. The van der Waals surface area contributed by atoms with Gasteiger partial charge in [-0.2, -0.15) is 0 Å². The van der Waals surface area contributed by atoms with E-state index in [1.54, 1.807) is 17.1 Å². The fraction of sp³-hybridized carbons (Fsp3) is 0.176. The van der Waals surface area contributed by atoms with Gasteiger partial charge in [0.15, 0.2) is 5.82 Å². The molecule has 0 atom stereocenters. The normalized spacial score (nSPS) is 10.7. The van der Waals surface area contributed by atoms with Crippen LogP contribution in [0.5, 0.6) is 0 Å². The lowest BCUT2D eigenvalue weighted by Crippen LogP contribution is -1.99. The van der Waals surface area contributed by atoms with Crippen molar-refractivity contribution in [3.05, 3.63) is 60.2 Å². The van der Waals surface area contributed by atoms with Crippen molar-refractivity contribution in [1.82, 2.24) is 19.7 Å². The molecule has 0 unspecified atom stereocenters. The first-order valence-corrected chi connectivity index (χ1v) is 7.54. The third-order valence-corrected chi connectivity index (χ3v) is 3.63. The van der Waals surface area contributed by atoms with Crippen LogP contribution in [-0.4, -0.2) is 30.8 Å². The van der Waals surface area contributed by atoms with E-state index in [0.717, 1.165) is 16.8 Å². The van der Waals surface area contributed by atoms with E-state index in [1.165, 1.54) is 0 Å². The van der Waals surface area contributed by atoms with E-state index in [1.807, 2.05) is 36.4 Å². The first-order chi connectivity index (χ1) is 11.7. The van der Waals surface area contributed by atoms with E-state index in [0.29, 0.717) is 24.5 Å². The van der Waals surface area contributed by atoms with Crippen molar-refractivity contribution in [2.45, 2.75) is 19.4 Å². The van der Waals surface area contributed by atoms with Crippen LogP contribution >= 0.6 is 0 Å². The zero-order valence-corrected chi connectivity index (χ0v) is 13.0. The fourth-order valence-corrected chi connectivity index (χ4v) is 2.28. The number of nitrogens with two attached hydrogens (primary N) is 1. The molecule has 0 spiro atoms. The summed E-state index contributed by atoms with van der Waals surface area (Å²) in [6.07, 6.45) is 3.82. The molecule has 7 nitrogen and oxygen atoms in total. The van der Waals surface area contributed by atoms with E-state index in [-0.39, 0.29) is 6.42 Å². The Morgan fingerprint density at radius 2 is 1.92 bits per heavy atom. The highest BCUT2D eigenvalue weighted by atomic mass is 16.4. The molecule has 0 saturated carbocycles. The summed E-state index contributed by atoms with van der Waals surface area (Å²) in [5, 5.41) is 17.2. The number of nitrogens with zero attached hydrogens (tertiary/aromatic N) is 4. The number of aromatic nitrogens is 4. The van der Waals surface area contributed by atoms with Crippen LogP contribution in [0.25, 0.3) is 17.1 Å². The number of carbonyl (C=O) groups is 1. The van der Waals surface area contributed by atoms with Crippen molar-refractivity contribution in [3.63, 3.8) is 0 Å². The summed E-state index contributed by atoms with van der Waals surface area (Å²) in [6.45, 7) is 0.510. The van der Waals surface area contributed by atoms with Gasteiger partial charge in [-0.1, -0.05) is 24.3 Å². The molecule has 2 aromatic heterocycles. The number of hydrogen-bond acceptors (Lipinski definition) is 5. The standard InChI is InChI=1S/C17H17N5O2/c18-9-12-1-3-13(4-2-12)15-6-7-16(21-20-15)22-10-14(19-11-22)5-8-17(23)24/h1-4,6-7,10-11H,5,8-9,18H2,(H,23,24). The second-order valence-electron chi connectivity index (χ2n) is 5.34. The summed E-state index contributed by atoms with van der Waals surface area (Å²) in [4.78, 5) is 14.8. The van der Waals surface area contributed by atoms with Crippen LogP contribution < -0.4 is 5.73 Å². The number of imidazole rings is 1. The lowest BCUT2D eigenvalue weighted by atomic mass is 10.1. The molecule has 24 heavy (non-hydrogen) atoms. The molecular formula is C17H17N5O2. The van der Waals surface area contributed by atoms with E-state index in [4.69, 9.17) is 10.8 Å². The Balaban J connectivity index is 1.75. The predicted octanol–water partition coefficient (Wildman–Crippen LogP) is 1.81. The van der Waals surface area contributed by atoms with Crippen molar-refractivity contribution in [3.8, 4) is 17.1 Å². The molecule has 0 radical (unpaired) electrons. The maximum absolute atomic E-state index is 10.6. The summed E-state index contributed by atoms with van der Waals surface area (Å²) >= 11 is 0. The minimum atomic E-state index is -0.839. The van der Waals surface area contributed by atoms with Gasteiger partial charge >= 0.3 is 5.97 Å². The van der Waals surface area contributed by atoms with E-state index < -0.39 is 5.97 Å². The smallest absolute Gasteiger partial charge is 0.303 e. The van der Waals surface area contributed by atoms with Gasteiger partial charge in [-0.05, 0) is 17.7 Å². The lowest BCUT2D eigenvalue weighted by Gasteiger charge is -2.04. The minimum Gasteiger partial charge on any atom is -0.481 e. The van der Waals surface area contributed by atoms with Crippen molar-refractivity contribution in [2.75, 3.05) is 0 Å². The second-order valence-corrected chi connectivity index (χ2v) is 5.34. The largest absolute Gasteiger partial charge is 0.481 e. The van der Waals surface area contributed by atoms with Crippen LogP contribution in [0.2, 0.25) is 0 Å². The van der Waals surface area contributed by atoms with Gasteiger partial charge in [-0.3, -0.25) is 9.36 Å². The number of carboxylic acid groups (broad SMARTS) is 1. The molecule has 0 aliphatic heterocycles. The van der Waals surface area contributed by atoms with Gasteiger partial charge in [0.25, 0.3) is 0 Å². The number of rotatable bonds is 6. The zero-order valence-electron chi connectivity index (χ0n) is 13.0.